The van der Waals surface area contributed by atoms with Crippen LogP contribution < -0.4 is 22.1 Å². The molecule has 0 saturated carbocycles. The molecule has 5 atom stereocenters. The molecule has 1 aliphatic heterocycles. The van der Waals surface area contributed by atoms with Crippen molar-refractivity contribution in [3.63, 3.8) is 0 Å². The first-order valence-electron chi connectivity index (χ1n) is 11.7. The molecule has 2 heterocycles. The van der Waals surface area contributed by atoms with Crippen molar-refractivity contribution >= 4 is 29.6 Å². The minimum absolute atomic E-state index is 0.100. The molecule has 8 N–H and O–H groups in total. The Morgan fingerprint density at radius 1 is 1.26 bits per heavy atom. The van der Waals surface area contributed by atoms with Crippen LogP contribution in [0.15, 0.2) is 12.5 Å². The fraction of sp³-hybridized carbons (Fsp3) is 0.636. The topological polar surface area (TPSA) is 214 Å². The molecule has 0 aliphatic carbocycles. The molecular weight excluding hydrogens is 458 g/mol. The number of imidazole rings is 1. The number of aromatic nitrogens is 2. The number of nitrogens with one attached hydrogen (secondary N) is 3. The van der Waals surface area contributed by atoms with Gasteiger partial charge in [0, 0.05) is 31.3 Å². The Kier molecular flexibility index (Phi) is 10.2. The summed E-state index contributed by atoms with van der Waals surface area (Å²) >= 11 is 0. The van der Waals surface area contributed by atoms with E-state index in [0.29, 0.717) is 25.0 Å². The van der Waals surface area contributed by atoms with Gasteiger partial charge in [-0.05, 0) is 25.2 Å². The van der Waals surface area contributed by atoms with Crippen LogP contribution in [0.5, 0.6) is 0 Å². The van der Waals surface area contributed by atoms with Crippen molar-refractivity contribution in [3.05, 3.63) is 18.2 Å². The summed E-state index contributed by atoms with van der Waals surface area (Å²) in [6.45, 7) is 4.02. The molecule has 35 heavy (non-hydrogen) atoms. The van der Waals surface area contributed by atoms with E-state index in [1.165, 1.54) is 17.4 Å². The van der Waals surface area contributed by atoms with Crippen molar-refractivity contribution in [1.29, 1.82) is 0 Å². The normalized spacial score (nSPS) is 18.8. The van der Waals surface area contributed by atoms with Crippen LogP contribution in [0, 0.1) is 5.92 Å². The third-order valence-corrected chi connectivity index (χ3v) is 6.29. The standard InChI is InChI=1S/C22H35N7O6/c1-3-12(2)18(24)20(32)28-15(9-13-10-25-11-26-13)21(33)29-8-4-5-16(29)19(31)27-14(22(34)35)6-7-17(23)30/h10-12,14-16,18H,3-9,24H2,1-2H3,(H2,23,30)(H,25,26)(H,27,31)(H,28,32)(H,34,35). The molecule has 4 amide bonds. The summed E-state index contributed by atoms with van der Waals surface area (Å²) in [6, 6.07) is -4.04. The summed E-state index contributed by atoms with van der Waals surface area (Å²) in [5, 5.41) is 14.5. The molecule has 5 unspecified atom stereocenters. The molecule has 1 aromatic rings. The minimum Gasteiger partial charge on any atom is -0.480 e. The van der Waals surface area contributed by atoms with Crippen LogP contribution in [0.25, 0.3) is 0 Å². The number of carboxylic acid groups (broad SMARTS) is 1. The van der Waals surface area contributed by atoms with E-state index in [-0.39, 0.29) is 31.7 Å². The van der Waals surface area contributed by atoms with Crippen LogP contribution in [0.3, 0.4) is 0 Å². The molecule has 1 aliphatic rings. The first-order chi connectivity index (χ1) is 16.5. The van der Waals surface area contributed by atoms with Crippen LogP contribution in [-0.2, 0) is 30.4 Å². The first kappa shape index (κ1) is 27.8. The van der Waals surface area contributed by atoms with Gasteiger partial charge in [0.1, 0.15) is 18.1 Å². The van der Waals surface area contributed by atoms with Gasteiger partial charge in [-0.2, -0.15) is 0 Å². The number of nitrogens with two attached hydrogens (primary N) is 2. The Morgan fingerprint density at radius 3 is 2.54 bits per heavy atom. The second-order valence-electron chi connectivity index (χ2n) is 8.85. The molecule has 13 nitrogen and oxygen atoms in total. The second-order valence-corrected chi connectivity index (χ2v) is 8.85. The Balaban J connectivity index is 2.17. The van der Waals surface area contributed by atoms with Crippen molar-refractivity contribution in [2.75, 3.05) is 6.54 Å². The molecule has 1 aromatic heterocycles. The molecule has 0 bridgehead atoms. The number of carboxylic acids is 1. The van der Waals surface area contributed by atoms with Gasteiger partial charge in [-0.3, -0.25) is 19.2 Å². The highest BCUT2D eigenvalue weighted by Crippen LogP contribution is 2.20. The van der Waals surface area contributed by atoms with Crippen molar-refractivity contribution in [3.8, 4) is 0 Å². The summed E-state index contributed by atoms with van der Waals surface area (Å²) in [5.74, 6) is -3.69. The van der Waals surface area contributed by atoms with Crippen molar-refractivity contribution in [2.24, 2.45) is 17.4 Å². The zero-order chi connectivity index (χ0) is 26.1. The van der Waals surface area contributed by atoms with Crippen LogP contribution in [0.1, 0.15) is 51.6 Å². The van der Waals surface area contributed by atoms with E-state index in [1.807, 2.05) is 13.8 Å². The molecule has 1 saturated heterocycles. The van der Waals surface area contributed by atoms with Gasteiger partial charge in [-0.1, -0.05) is 20.3 Å². The van der Waals surface area contributed by atoms with Gasteiger partial charge in [0.2, 0.25) is 23.6 Å². The number of nitrogens with zero attached hydrogens (tertiary/aromatic N) is 2. The minimum atomic E-state index is -1.32. The number of hydrogen-bond acceptors (Lipinski definition) is 7. The van der Waals surface area contributed by atoms with E-state index >= 15 is 0 Å². The van der Waals surface area contributed by atoms with Gasteiger partial charge < -0.3 is 37.1 Å². The third-order valence-electron chi connectivity index (χ3n) is 6.29. The van der Waals surface area contributed by atoms with Gasteiger partial charge in [0.25, 0.3) is 0 Å². The molecular formula is C22H35N7O6. The SMILES string of the molecule is CCC(C)C(N)C(=O)NC(Cc1cnc[nH]1)C(=O)N1CCCC1C(=O)NC(CCC(N)=O)C(=O)O. The highest BCUT2D eigenvalue weighted by molar-refractivity contribution is 5.94. The Morgan fingerprint density at radius 2 is 1.97 bits per heavy atom. The van der Waals surface area contributed by atoms with Gasteiger partial charge in [0.15, 0.2) is 0 Å². The van der Waals surface area contributed by atoms with E-state index in [4.69, 9.17) is 11.5 Å². The zero-order valence-corrected chi connectivity index (χ0v) is 20.0. The average Bonchev–Trinajstić information content (AvgIpc) is 3.51. The number of rotatable bonds is 13. The number of aliphatic carboxylic acids is 1. The number of amides is 4. The number of carbonyl (C=O) groups excluding carboxylic acids is 4. The van der Waals surface area contributed by atoms with E-state index in [0.717, 1.165) is 0 Å². The second kappa shape index (κ2) is 12.8. The Bertz CT molecular complexity index is 906. The molecule has 0 radical (unpaired) electrons. The Hall–Kier alpha value is -3.48. The number of primary amides is 1. The van der Waals surface area contributed by atoms with Crippen LogP contribution >= 0.6 is 0 Å². The predicted octanol–water partition coefficient (Wildman–Crippen LogP) is -1.36. The number of hydrogen-bond donors (Lipinski definition) is 6. The number of carbonyl (C=O) groups is 5. The molecule has 2 rings (SSSR count). The summed E-state index contributed by atoms with van der Waals surface area (Å²) < 4.78 is 0. The van der Waals surface area contributed by atoms with Crippen molar-refractivity contribution < 1.29 is 29.1 Å². The zero-order valence-electron chi connectivity index (χ0n) is 20.0. The first-order valence-corrected chi connectivity index (χ1v) is 11.7. The quantitative estimate of drug-likeness (QED) is 0.192. The van der Waals surface area contributed by atoms with Crippen LogP contribution in [0.4, 0.5) is 0 Å². The number of aromatic amines is 1. The smallest absolute Gasteiger partial charge is 0.326 e. The summed E-state index contributed by atoms with van der Waals surface area (Å²) in [5.41, 5.74) is 11.7. The lowest BCUT2D eigenvalue weighted by Crippen LogP contribution is -2.58. The van der Waals surface area contributed by atoms with Gasteiger partial charge in [-0.25, -0.2) is 9.78 Å². The predicted molar refractivity (Wildman–Crippen MR) is 124 cm³/mol. The molecule has 13 heteroatoms. The fourth-order valence-corrected chi connectivity index (χ4v) is 3.91. The maximum Gasteiger partial charge on any atom is 0.326 e. The molecule has 194 valence electrons. The lowest BCUT2D eigenvalue weighted by molar-refractivity contribution is -0.145. The van der Waals surface area contributed by atoms with Gasteiger partial charge in [0.05, 0.1) is 12.4 Å². The van der Waals surface area contributed by atoms with E-state index in [2.05, 4.69) is 20.6 Å². The molecule has 1 fully saturated rings. The van der Waals surface area contributed by atoms with E-state index in [9.17, 15) is 29.1 Å². The van der Waals surface area contributed by atoms with Crippen molar-refractivity contribution in [1.82, 2.24) is 25.5 Å². The lowest BCUT2D eigenvalue weighted by atomic mass is 9.98. The number of likely N-dealkylation sites (tertiary alicyclic amines) is 1. The average molecular weight is 494 g/mol. The third kappa shape index (κ3) is 7.77. The van der Waals surface area contributed by atoms with Crippen LogP contribution in [0.2, 0.25) is 0 Å². The summed E-state index contributed by atoms with van der Waals surface area (Å²) in [7, 11) is 0. The highest BCUT2D eigenvalue weighted by atomic mass is 16.4. The highest BCUT2D eigenvalue weighted by Gasteiger charge is 2.39. The largest absolute Gasteiger partial charge is 0.480 e. The fourth-order valence-electron chi connectivity index (χ4n) is 3.91. The van der Waals surface area contributed by atoms with Crippen molar-refractivity contribution in [2.45, 2.75) is 76.5 Å². The Labute approximate surface area is 203 Å². The summed E-state index contributed by atoms with van der Waals surface area (Å²) in [4.78, 5) is 69.9. The monoisotopic (exact) mass is 493 g/mol. The van der Waals surface area contributed by atoms with E-state index in [1.54, 1.807) is 0 Å². The van der Waals surface area contributed by atoms with Crippen LogP contribution in [-0.4, -0.2) is 80.3 Å². The summed E-state index contributed by atoms with van der Waals surface area (Å²) in [6.07, 6.45) is 4.26. The molecule has 0 aromatic carbocycles. The number of H-pyrrole nitrogens is 1. The van der Waals surface area contributed by atoms with Gasteiger partial charge >= 0.3 is 5.97 Å². The molecule has 0 spiro atoms. The van der Waals surface area contributed by atoms with E-state index < -0.39 is 53.8 Å². The lowest BCUT2D eigenvalue weighted by Gasteiger charge is -2.30. The van der Waals surface area contributed by atoms with Gasteiger partial charge in [-0.15, -0.1) is 0 Å². The maximum absolute atomic E-state index is 13.5. The maximum atomic E-state index is 13.5.